The number of aryl methyl sites for hydroxylation is 2. The molecular weight excluding hydrogens is 242 g/mol. The molecule has 1 atom stereocenters. The summed E-state index contributed by atoms with van der Waals surface area (Å²) in [5.74, 6) is 1.49. The predicted molar refractivity (Wildman–Crippen MR) is 80.1 cm³/mol. The number of aromatic nitrogens is 1. The molecule has 0 aromatic carbocycles. The number of rotatable bonds is 5. The first kappa shape index (κ1) is 13.3. The van der Waals surface area contributed by atoms with E-state index in [0.717, 1.165) is 37.2 Å². The Morgan fingerprint density at radius 1 is 1.56 bits per heavy atom. The maximum atomic E-state index is 5.80. The molecule has 3 N–H and O–H groups in total. The van der Waals surface area contributed by atoms with Crippen molar-refractivity contribution < 1.29 is 0 Å². The summed E-state index contributed by atoms with van der Waals surface area (Å²) in [4.78, 5) is 5.14. The summed E-state index contributed by atoms with van der Waals surface area (Å²) >= 11 is 5.13. The Balaban J connectivity index is 2.24. The highest BCUT2D eigenvalue weighted by Gasteiger charge is 2.17. The predicted octanol–water partition coefficient (Wildman–Crippen LogP) is 2.66. The number of nitrogens with two attached hydrogens (primary N) is 1. The zero-order valence-electron chi connectivity index (χ0n) is 11.1. The zero-order chi connectivity index (χ0) is 13.1. The molecule has 0 spiro atoms. The molecule has 3 nitrogen and oxygen atoms in total. The summed E-state index contributed by atoms with van der Waals surface area (Å²) < 4.78 is 0. The molecule has 0 radical (unpaired) electrons. The summed E-state index contributed by atoms with van der Waals surface area (Å²) in [6.07, 6.45) is 4.52. The van der Waals surface area contributed by atoms with Gasteiger partial charge in [-0.15, -0.1) is 0 Å². The Labute approximate surface area is 114 Å². The summed E-state index contributed by atoms with van der Waals surface area (Å²) in [6.45, 7) is 5.33. The van der Waals surface area contributed by atoms with Gasteiger partial charge in [0.2, 0.25) is 0 Å². The van der Waals surface area contributed by atoms with Gasteiger partial charge in [-0.05, 0) is 36.8 Å². The zero-order valence-corrected chi connectivity index (χ0v) is 11.9. The Bertz CT molecular complexity index is 457. The van der Waals surface area contributed by atoms with Gasteiger partial charge in [-0.3, -0.25) is 0 Å². The fourth-order valence-electron chi connectivity index (χ4n) is 2.21. The van der Waals surface area contributed by atoms with Crippen molar-refractivity contribution in [2.75, 3.05) is 11.9 Å². The maximum absolute atomic E-state index is 5.80. The van der Waals surface area contributed by atoms with E-state index in [1.807, 2.05) is 0 Å². The second-order valence-electron chi connectivity index (χ2n) is 5.10. The van der Waals surface area contributed by atoms with Crippen molar-refractivity contribution in [2.24, 2.45) is 11.7 Å². The fourth-order valence-corrected chi connectivity index (χ4v) is 2.37. The van der Waals surface area contributed by atoms with Crippen LogP contribution < -0.4 is 11.1 Å². The van der Waals surface area contributed by atoms with Gasteiger partial charge in [-0.25, -0.2) is 4.98 Å². The van der Waals surface area contributed by atoms with Crippen LogP contribution in [0, 0.1) is 5.92 Å². The van der Waals surface area contributed by atoms with Crippen LogP contribution in [0.2, 0.25) is 0 Å². The molecule has 0 saturated carbocycles. The molecule has 1 aromatic rings. The number of thiocarbonyl (C=S) groups is 1. The molecule has 0 saturated heterocycles. The SMILES string of the molecule is CCC(C)CNc1nc2c(cc1C(N)=S)CCC2. The third kappa shape index (κ3) is 2.80. The maximum Gasteiger partial charge on any atom is 0.136 e. The van der Waals surface area contributed by atoms with E-state index in [1.165, 1.54) is 17.7 Å². The van der Waals surface area contributed by atoms with Crippen molar-refractivity contribution in [1.29, 1.82) is 0 Å². The second-order valence-corrected chi connectivity index (χ2v) is 5.54. The highest BCUT2D eigenvalue weighted by Crippen LogP contribution is 2.25. The molecule has 0 aliphatic heterocycles. The number of hydrogen-bond donors (Lipinski definition) is 2. The van der Waals surface area contributed by atoms with Gasteiger partial charge in [0.15, 0.2) is 0 Å². The highest BCUT2D eigenvalue weighted by atomic mass is 32.1. The number of anilines is 1. The molecule has 0 fully saturated rings. The van der Waals surface area contributed by atoms with Crippen LogP contribution in [0.5, 0.6) is 0 Å². The lowest BCUT2D eigenvalue weighted by Crippen LogP contribution is -2.18. The molecule has 0 bridgehead atoms. The second kappa shape index (κ2) is 5.65. The lowest BCUT2D eigenvalue weighted by Gasteiger charge is -2.15. The largest absolute Gasteiger partial charge is 0.389 e. The average molecular weight is 263 g/mol. The number of fused-ring (bicyclic) bond motifs is 1. The van der Waals surface area contributed by atoms with Crippen LogP contribution in [0.25, 0.3) is 0 Å². The first-order valence-electron chi connectivity index (χ1n) is 6.68. The number of nitrogens with zero attached hydrogens (tertiary/aromatic N) is 1. The van der Waals surface area contributed by atoms with Crippen molar-refractivity contribution >= 4 is 23.0 Å². The van der Waals surface area contributed by atoms with Crippen molar-refractivity contribution in [1.82, 2.24) is 4.98 Å². The molecule has 1 aliphatic carbocycles. The van der Waals surface area contributed by atoms with E-state index >= 15 is 0 Å². The lowest BCUT2D eigenvalue weighted by molar-refractivity contribution is 0.592. The van der Waals surface area contributed by atoms with E-state index in [4.69, 9.17) is 22.9 Å². The van der Waals surface area contributed by atoms with Gasteiger partial charge in [0, 0.05) is 12.2 Å². The molecular formula is C14H21N3S. The molecule has 1 aliphatic rings. The monoisotopic (exact) mass is 263 g/mol. The van der Waals surface area contributed by atoms with Crippen molar-refractivity contribution in [2.45, 2.75) is 39.5 Å². The van der Waals surface area contributed by atoms with Crippen molar-refractivity contribution in [3.63, 3.8) is 0 Å². The van der Waals surface area contributed by atoms with Crippen LogP contribution in [0.4, 0.5) is 5.82 Å². The number of nitrogens with one attached hydrogen (secondary N) is 1. The minimum absolute atomic E-state index is 0.434. The Morgan fingerprint density at radius 2 is 2.33 bits per heavy atom. The minimum atomic E-state index is 0.434. The van der Waals surface area contributed by atoms with Gasteiger partial charge < -0.3 is 11.1 Å². The van der Waals surface area contributed by atoms with Gasteiger partial charge in [-0.2, -0.15) is 0 Å². The van der Waals surface area contributed by atoms with Crippen LogP contribution in [0.15, 0.2) is 6.07 Å². The fraction of sp³-hybridized carbons (Fsp3) is 0.571. The van der Waals surface area contributed by atoms with Gasteiger partial charge in [0.1, 0.15) is 10.8 Å². The number of hydrogen-bond acceptors (Lipinski definition) is 3. The summed E-state index contributed by atoms with van der Waals surface area (Å²) in [5.41, 5.74) is 9.22. The summed E-state index contributed by atoms with van der Waals surface area (Å²) in [5, 5.41) is 3.40. The van der Waals surface area contributed by atoms with Crippen LogP contribution in [-0.2, 0) is 12.8 Å². The Morgan fingerprint density at radius 3 is 3.00 bits per heavy atom. The quantitative estimate of drug-likeness (QED) is 0.802. The van der Waals surface area contributed by atoms with Crippen molar-refractivity contribution in [3.05, 3.63) is 22.9 Å². The first-order valence-corrected chi connectivity index (χ1v) is 7.09. The summed E-state index contributed by atoms with van der Waals surface area (Å²) in [7, 11) is 0. The Hall–Kier alpha value is -1.16. The van der Waals surface area contributed by atoms with E-state index < -0.39 is 0 Å². The van der Waals surface area contributed by atoms with E-state index in [2.05, 4.69) is 25.2 Å². The molecule has 1 aromatic heterocycles. The van der Waals surface area contributed by atoms with E-state index in [0.29, 0.717) is 10.9 Å². The minimum Gasteiger partial charge on any atom is -0.389 e. The summed E-state index contributed by atoms with van der Waals surface area (Å²) in [6, 6.07) is 2.12. The molecule has 1 unspecified atom stereocenters. The lowest BCUT2D eigenvalue weighted by atomic mass is 10.1. The standard InChI is InChI=1S/C14H21N3S/c1-3-9(2)8-16-14-11(13(15)18)7-10-5-4-6-12(10)17-14/h7,9H,3-6,8H2,1-2H3,(H2,15,18)(H,16,17). The topological polar surface area (TPSA) is 50.9 Å². The van der Waals surface area contributed by atoms with Gasteiger partial charge in [0.25, 0.3) is 0 Å². The third-order valence-corrected chi connectivity index (χ3v) is 3.85. The Kier molecular flexibility index (Phi) is 4.17. The molecule has 18 heavy (non-hydrogen) atoms. The van der Waals surface area contributed by atoms with E-state index in [1.54, 1.807) is 0 Å². The molecule has 2 rings (SSSR count). The first-order chi connectivity index (χ1) is 8.61. The molecule has 4 heteroatoms. The van der Waals surface area contributed by atoms with Gasteiger partial charge in [-0.1, -0.05) is 32.5 Å². The molecule has 1 heterocycles. The van der Waals surface area contributed by atoms with Gasteiger partial charge >= 0.3 is 0 Å². The highest BCUT2D eigenvalue weighted by molar-refractivity contribution is 7.80. The van der Waals surface area contributed by atoms with Crippen molar-refractivity contribution in [3.8, 4) is 0 Å². The van der Waals surface area contributed by atoms with Crippen LogP contribution in [0.1, 0.15) is 43.5 Å². The average Bonchev–Trinajstić information content (AvgIpc) is 2.81. The van der Waals surface area contributed by atoms with Crippen LogP contribution >= 0.6 is 12.2 Å². The van der Waals surface area contributed by atoms with Crippen LogP contribution in [0.3, 0.4) is 0 Å². The van der Waals surface area contributed by atoms with Crippen LogP contribution in [-0.4, -0.2) is 16.5 Å². The van der Waals surface area contributed by atoms with E-state index in [-0.39, 0.29) is 0 Å². The molecule has 0 amide bonds. The molecule has 98 valence electrons. The normalized spacial score (nSPS) is 15.2. The van der Waals surface area contributed by atoms with Gasteiger partial charge in [0.05, 0.1) is 5.56 Å². The number of pyridine rings is 1. The smallest absolute Gasteiger partial charge is 0.136 e. The van der Waals surface area contributed by atoms with E-state index in [9.17, 15) is 0 Å². The third-order valence-electron chi connectivity index (χ3n) is 3.63.